The fourth-order valence-corrected chi connectivity index (χ4v) is 2.16. The van der Waals surface area contributed by atoms with E-state index < -0.39 is 6.09 Å². The average molecular weight is 308 g/mol. The van der Waals surface area contributed by atoms with Crippen LogP contribution in [-0.4, -0.2) is 11.2 Å². The molecule has 0 aliphatic rings. The number of carbonyl (C=O) groups is 1. The Balaban J connectivity index is 1.70. The Hall–Kier alpha value is -3.08. The van der Waals surface area contributed by atoms with Crippen molar-refractivity contribution in [3.05, 3.63) is 71.9 Å². The van der Waals surface area contributed by atoms with Crippen molar-refractivity contribution in [2.24, 2.45) is 0 Å². The van der Waals surface area contributed by atoms with Gasteiger partial charge in [0.2, 0.25) is 0 Å². The molecule has 0 spiro atoms. The molecule has 0 unspecified atom stereocenters. The van der Waals surface area contributed by atoms with E-state index in [1.165, 1.54) is 0 Å². The van der Waals surface area contributed by atoms with Gasteiger partial charge >= 0.3 is 6.09 Å². The first-order valence-electron chi connectivity index (χ1n) is 7.23. The monoisotopic (exact) mass is 308 g/mol. The van der Waals surface area contributed by atoms with Gasteiger partial charge in [0.15, 0.2) is 5.76 Å². The number of carbonyl (C=O) groups excluding carboxylic acids is 1. The van der Waals surface area contributed by atoms with Crippen molar-refractivity contribution in [3.63, 3.8) is 0 Å². The van der Waals surface area contributed by atoms with Crippen molar-refractivity contribution in [3.8, 4) is 11.3 Å². The number of anilines is 1. The molecule has 0 aliphatic carbocycles. The predicted octanol–water partition coefficient (Wildman–Crippen LogP) is 4.40. The van der Waals surface area contributed by atoms with Crippen molar-refractivity contribution in [1.29, 1.82) is 0 Å². The summed E-state index contributed by atoms with van der Waals surface area (Å²) in [5, 5.41) is 6.63. The van der Waals surface area contributed by atoms with E-state index in [-0.39, 0.29) is 6.61 Å². The van der Waals surface area contributed by atoms with Crippen LogP contribution in [0.4, 0.5) is 10.5 Å². The van der Waals surface area contributed by atoms with Crippen LogP contribution in [0.5, 0.6) is 0 Å². The highest BCUT2D eigenvalue weighted by molar-refractivity contribution is 5.90. The molecule has 0 saturated carbocycles. The van der Waals surface area contributed by atoms with Crippen molar-refractivity contribution in [2.75, 3.05) is 5.32 Å². The molecule has 0 radical (unpaired) electrons. The van der Waals surface area contributed by atoms with Crippen molar-refractivity contribution in [2.45, 2.75) is 13.5 Å². The molecule has 5 nitrogen and oxygen atoms in total. The Labute approximate surface area is 133 Å². The molecule has 0 bridgehead atoms. The topological polar surface area (TPSA) is 64.4 Å². The lowest BCUT2D eigenvalue weighted by Gasteiger charge is -2.07. The largest absolute Gasteiger partial charge is 0.444 e. The van der Waals surface area contributed by atoms with Crippen LogP contribution in [0, 0.1) is 6.92 Å². The highest BCUT2D eigenvalue weighted by Gasteiger charge is 2.17. The molecule has 0 saturated heterocycles. The summed E-state index contributed by atoms with van der Waals surface area (Å²) in [4.78, 5) is 12.0. The molecule has 1 N–H and O–H groups in total. The maximum atomic E-state index is 12.0. The molecule has 23 heavy (non-hydrogen) atoms. The van der Waals surface area contributed by atoms with E-state index in [0.717, 1.165) is 11.1 Å². The minimum absolute atomic E-state index is 0.206. The fraction of sp³-hybridized carbons (Fsp3) is 0.111. The van der Waals surface area contributed by atoms with Crippen LogP contribution in [0.25, 0.3) is 11.3 Å². The summed E-state index contributed by atoms with van der Waals surface area (Å²) < 4.78 is 10.6. The van der Waals surface area contributed by atoms with Gasteiger partial charge in [-0.05, 0) is 12.5 Å². The number of aryl methyl sites for hydroxylation is 1. The predicted molar refractivity (Wildman–Crippen MR) is 86.9 cm³/mol. The van der Waals surface area contributed by atoms with Crippen LogP contribution >= 0.6 is 0 Å². The minimum atomic E-state index is -0.544. The number of aromatic nitrogens is 1. The molecular formula is C18H16N2O3. The first-order chi connectivity index (χ1) is 11.2. The number of amides is 1. The number of hydrogen-bond acceptors (Lipinski definition) is 4. The van der Waals surface area contributed by atoms with Crippen LogP contribution in [0.1, 0.15) is 11.3 Å². The second-order valence-corrected chi connectivity index (χ2v) is 5.02. The molecule has 3 rings (SSSR count). The first-order valence-corrected chi connectivity index (χ1v) is 7.23. The summed E-state index contributed by atoms with van der Waals surface area (Å²) in [5.74, 6) is 0.514. The highest BCUT2D eigenvalue weighted by atomic mass is 16.5. The van der Waals surface area contributed by atoms with Crippen molar-refractivity contribution < 1.29 is 14.1 Å². The van der Waals surface area contributed by atoms with Crippen LogP contribution in [-0.2, 0) is 11.3 Å². The van der Waals surface area contributed by atoms with Crippen molar-refractivity contribution in [1.82, 2.24) is 5.16 Å². The molecule has 1 amide bonds. The van der Waals surface area contributed by atoms with E-state index in [9.17, 15) is 4.79 Å². The summed E-state index contributed by atoms with van der Waals surface area (Å²) in [7, 11) is 0. The SMILES string of the molecule is Cc1noc(-c2ccccc2)c1NC(=O)OCc1ccccc1. The third-order valence-corrected chi connectivity index (χ3v) is 3.34. The van der Waals surface area contributed by atoms with Gasteiger partial charge in [0.1, 0.15) is 18.0 Å². The maximum Gasteiger partial charge on any atom is 0.412 e. The quantitative estimate of drug-likeness (QED) is 0.776. The second kappa shape index (κ2) is 6.79. The van der Waals surface area contributed by atoms with Gasteiger partial charge in [0.05, 0.1) is 0 Å². The van der Waals surface area contributed by atoms with Gasteiger partial charge in [0, 0.05) is 5.56 Å². The third kappa shape index (κ3) is 3.58. The second-order valence-electron chi connectivity index (χ2n) is 5.02. The van der Waals surface area contributed by atoms with Crippen LogP contribution in [0.15, 0.2) is 65.2 Å². The van der Waals surface area contributed by atoms with Gasteiger partial charge in [-0.3, -0.25) is 5.32 Å². The Morgan fingerprint density at radius 2 is 1.74 bits per heavy atom. The normalized spacial score (nSPS) is 10.3. The molecular weight excluding hydrogens is 292 g/mol. The fourth-order valence-electron chi connectivity index (χ4n) is 2.16. The van der Waals surface area contributed by atoms with Gasteiger partial charge < -0.3 is 9.26 Å². The molecule has 0 fully saturated rings. The zero-order chi connectivity index (χ0) is 16.1. The van der Waals surface area contributed by atoms with Gasteiger partial charge in [0.25, 0.3) is 0 Å². The molecule has 5 heteroatoms. The average Bonchev–Trinajstić information content (AvgIpc) is 2.95. The zero-order valence-corrected chi connectivity index (χ0v) is 12.7. The van der Waals surface area contributed by atoms with Gasteiger partial charge in [-0.2, -0.15) is 0 Å². The maximum absolute atomic E-state index is 12.0. The smallest absolute Gasteiger partial charge is 0.412 e. The summed E-state index contributed by atoms with van der Waals surface area (Å²) in [6.45, 7) is 1.97. The molecule has 3 aromatic rings. The third-order valence-electron chi connectivity index (χ3n) is 3.34. The molecule has 1 heterocycles. The van der Waals surface area contributed by atoms with E-state index in [2.05, 4.69) is 10.5 Å². The lowest BCUT2D eigenvalue weighted by molar-refractivity contribution is 0.155. The molecule has 0 aliphatic heterocycles. The van der Waals surface area contributed by atoms with Crippen LogP contribution in [0.3, 0.4) is 0 Å². The van der Waals surface area contributed by atoms with Gasteiger partial charge in [-0.25, -0.2) is 4.79 Å². The number of hydrogen-bond donors (Lipinski definition) is 1. The summed E-state index contributed by atoms with van der Waals surface area (Å²) in [6.07, 6.45) is -0.544. The number of nitrogens with zero attached hydrogens (tertiary/aromatic N) is 1. The Morgan fingerprint density at radius 3 is 2.43 bits per heavy atom. The standard InChI is InChI=1S/C18H16N2O3/c1-13-16(17(23-20-13)15-10-6-3-7-11-15)19-18(21)22-12-14-8-4-2-5-9-14/h2-11H,12H2,1H3,(H,19,21). The lowest BCUT2D eigenvalue weighted by atomic mass is 10.1. The summed E-state index contributed by atoms with van der Waals surface area (Å²) in [6, 6.07) is 19.0. The van der Waals surface area contributed by atoms with E-state index in [0.29, 0.717) is 17.1 Å². The first kappa shape index (κ1) is 14.8. The zero-order valence-electron chi connectivity index (χ0n) is 12.7. The molecule has 116 valence electrons. The Morgan fingerprint density at radius 1 is 1.09 bits per heavy atom. The van der Waals surface area contributed by atoms with E-state index in [1.54, 1.807) is 6.92 Å². The molecule has 2 aromatic carbocycles. The minimum Gasteiger partial charge on any atom is -0.444 e. The highest BCUT2D eigenvalue weighted by Crippen LogP contribution is 2.30. The number of ether oxygens (including phenoxy) is 1. The van der Waals surface area contributed by atoms with Gasteiger partial charge in [-0.1, -0.05) is 65.8 Å². The lowest BCUT2D eigenvalue weighted by Crippen LogP contribution is -2.14. The van der Waals surface area contributed by atoms with E-state index >= 15 is 0 Å². The number of nitrogens with one attached hydrogen (secondary N) is 1. The van der Waals surface area contributed by atoms with Crippen molar-refractivity contribution >= 4 is 11.8 Å². The Bertz CT molecular complexity index is 783. The molecule has 0 atom stereocenters. The van der Waals surface area contributed by atoms with Crippen LogP contribution < -0.4 is 5.32 Å². The number of benzene rings is 2. The summed E-state index contributed by atoms with van der Waals surface area (Å²) >= 11 is 0. The van der Waals surface area contributed by atoms with Crippen LogP contribution in [0.2, 0.25) is 0 Å². The number of rotatable bonds is 4. The van der Waals surface area contributed by atoms with E-state index in [4.69, 9.17) is 9.26 Å². The summed E-state index contributed by atoms with van der Waals surface area (Å²) in [5.41, 5.74) is 2.88. The van der Waals surface area contributed by atoms with E-state index in [1.807, 2.05) is 60.7 Å². The molecule has 1 aromatic heterocycles. The Kier molecular flexibility index (Phi) is 4.38. The van der Waals surface area contributed by atoms with Gasteiger partial charge in [-0.15, -0.1) is 0 Å².